The fourth-order valence-corrected chi connectivity index (χ4v) is 5.93. The highest BCUT2D eigenvalue weighted by molar-refractivity contribution is 7.45. The molecule has 0 aliphatic rings. The smallest absolute Gasteiger partial charge is 0.268 e. The molecule has 0 aromatic heterocycles. The zero-order chi connectivity index (χ0) is 41.1. The lowest BCUT2D eigenvalue weighted by atomic mass is 10.2. The Morgan fingerprint density at radius 2 is 0.857 bits per heavy atom. The van der Waals surface area contributed by atoms with Crippen LogP contribution in [0.1, 0.15) is 142 Å². The maximum atomic E-state index is 12.4. The number of phosphoric ester groups is 1. The Balaban J connectivity index is 4.32. The van der Waals surface area contributed by atoms with Gasteiger partial charge in [-0.1, -0.05) is 137 Å². The van der Waals surface area contributed by atoms with Crippen LogP contribution in [0.4, 0.5) is 0 Å². The molecule has 8 heteroatoms. The standard InChI is InChI=1S/C48H84NO6P/c1-6-8-10-12-14-16-18-20-22-24-26-28-30-32-34-36-38-40-43-52-46-48(47-55-56(50,51)54-45-42-49(3,4)5)53-44-41-39-37-35-33-31-29-27-25-23-21-19-17-15-13-11-9-7-2/h14-17,20-23,26-29,32-35,48H,6-13,18-19,24-25,30-31,36-47H2,1-5H3/b16-14-,17-15-,22-20-,23-21-,28-26-,29-27-,34-32-,35-33-/t48-/m1/s1. The molecule has 0 saturated heterocycles. The first-order valence-electron chi connectivity index (χ1n) is 22.0. The van der Waals surface area contributed by atoms with E-state index in [-0.39, 0.29) is 19.8 Å². The molecule has 0 aliphatic heterocycles. The van der Waals surface area contributed by atoms with Crippen LogP contribution in [-0.4, -0.2) is 71.3 Å². The Kier molecular flexibility index (Phi) is 39.5. The Labute approximate surface area is 345 Å². The highest BCUT2D eigenvalue weighted by Gasteiger charge is 2.17. The third-order valence-corrected chi connectivity index (χ3v) is 9.64. The average Bonchev–Trinajstić information content (AvgIpc) is 3.16. The van der Waals surface area contributed by atoms with E-state index in [2.05, 4.69) is 111 Å². The van der Waals surface area contributed by atoms with Crippen molar-refractivity contribution in [1.82, 2.24) is 0 Å². The molecule has 0 aliphatic carbocycles. The van der Waals surface area contributed by atoms with Gasteiger partial charge in [0.1, 0.15) is 19.3 Å². The lowest BCUT2D eigenvalue weighted by Crippen LogP contribution is -2.37. The molecule has 0 bridgehead atoms. The monoisotopic (exact) mass is 802 g/mol. The lowest BCUT2D eigenvalue weighted by Gasteiger charge is -2.28. The summed E-state index contributed by atoms with van der Waals surface area (Å²) in [6.07, 6.45) is 57.2. The van der Waals surface area contributed by atoms with Crippen molar-refractivity contribution >= 4 is 7.82 Å². The van der Waals surface area contributed by atoms with Crippen molar-refractivity contribution in [1.29, 1.82) is 0 Å². The maximum absolute atomic E-state index is 12.4. The van der Waals surface area contributed by atoms with Gasteiger partial charge in [-0.3, -0.25) is 4.57 Å². The number of likely N-dealkylation sites (N-methyl/N-ethyl adjacent to an activating group) is 1. The second kappa shape index (κ2) is 41.1. The van der Waals surface area contributed by atoms with E-state index in [0.29, 0.717) is 24.2 Å². The van der Waals surface area contributed by atoms with Gasteiger partial charge in [-0.2, -0.15) is 0 Å². The first-order chi connectivity index (χ1) is 27.2. The van der Waals surface area contributed by atoms with Gasteiger partial charge < -0.3 is 27.9 Å². The molecular formula is C48H84NO6P. The maximum Gasteiger partial charge on any atom is 0.268 e. The van der Waals surface area contributed by atoms with Gasteiger partial charge in [0.2, 0.25) is 0 Å². The summed E-state index contributed by atoms with van der Waals surface area (Å²) >= 11 is 0. The van der Waals surface area contributed by atoms with Gasteiger partial charge in [0.25, 0.3) is 7.82 Å². The molecular weight excluding hydrogens is 718 g/mol. The molecule has 0 aromatic rings. The quantitative estimate of drug-likeness (QED) is 0.0266. The summed E-state index contributed by atoms with van der Waals surface area (Å²) in [4.78, 5) is 12.4. The number of hydrogen-bond acceptors (Lipinski definition) is 6. The number of unbranched alkanes of at least 4 members (excludes halogenated alkanes) is 10. The van der Waals surface area contributed by atoms with E-state index in [0.717, 1.165) is 77.0 Å². The van der Waals surface area contributed by atoms with E-state index >= 15 is 0 Å². The number of phosphoric acid groups is 1. The molecule has 0 radical (unpaired) electrons. The van der Waals surface area contributed by atoms with Crippen molar-refractivity contribution in [2.75, 3.05) is 60.7 Å². The highest BCUT2D eigenvalue weighted by Crippen LogP contribution is 2.38. The van der Waals surface area contributed by atoms with Crippen LogP contribution in [0.2, 0.25) is 0 Å². The number of hydrogen-bond donors (Lipinski definition) is 0. The van der Waals surface area contributed by atoms with Gasteiger partial charge in [0.15, 0.2) is 0 Å². The number of ether oxygens (including phenoxy) is 2. The summed E-state index contributed by atoms with van der Waals surface area (Å²) in [5.41, 5.74) is 0. The summed E-state index contributed by atoms with van der Waals surface area (Å²) in [5, 5.41) is 0. The Bertz CT molecular complexity index is 1150. The van der Waals surface area contributed by atoms with Gasteiger partial charge in [0, 0.05) is 13.2 Å². The zero-order valence-corrected chi connectivity index (χ0v) is 37.4. The van der Waals surface area contributed by atoms with Crippen LogP contribution in [0.15, 0.2) is 97.2 Å². The summed E-state index contributed by atoms with van der Waals surface area (Å²) in [6, 6.07) is 0. The normalized spacial score (nSPS) is 14.9. The first kappa shape index (κ1) is 53.9. The van der Waals surface area contributed by atoms with Crippen LogP contribution < -0.4 is 4.89 Å². The number of quaternary nitrogens is 1. The summed E-state index contributed by atoms with van der Waals surface area (Å²) in [7, 11) is 1.52. The molecule has 1 unspecified atom stereocenters. The average molecular weight is 802 g/mol. The third-order valence-electron chi connectivity index (χ3n) is 8.68. The van der Waals surface area contributed by atoms with Crippen LogP contribution in [0.3, 0.4) is 0 Å². The molecule has 0 N–H and O–H groups in total. The summed E-state index contributed by atoms with van der Waals surface area (Å²) < 4.78 is 35.2. The Hall–Kier alpha value is -2.09. The van der Waals surface area contributed by atoms with Crippen LogP contribution in [0, 0.1) is 0 Å². The molecule has 0 amide bonds. The predicted octanol–water partition coefficient (Wildman–Crippen LogP) is 12.9. The third kappa shape index (κ3) is 44.6. The van der Waals surface area contributed by atoms with Crippen molar-refractivity contribution in [3.63, 3.8) is 0 Å². The van der Waals surface area contributed by atoms with Crippen molar-refractivity contribution < 1.29 is 32.5 Å². The van der Waals surface area contributed by atoms with Gasteiger partial charge in [-0.25, -0.2) is 0 Å². The lowest BCUT2D eigenvalue weighted by molar-refractivity contribution is -0.870. The molecule has 56 heavy (non-hydrogen) atoms. The molecule has 2 atom stereocenters. The number of rotatable bonds is 40. The van der Waals surface area contributed by atoms with E-state index < -0.39 is 13.9 Å². The fourth-order valence-electron chi connectivity index (χ4n) is 5.20. The largest absolute Gasteiger partial charge is 0.756 e. The molecule has 0 heterocycles. The fraction of sp³-hybridized carbons (Fsp3) is 0.667. The summed E-state index contributed by atoms with van der Waals surface area (Å²) in [6.45, 7) is 6.37. The molecule has 0 fully saturated rings. The van der Waals surface area contributed by atoms with Gasteiger partial charge >= 0.3 is 0 Å². The molecule has 0 aromatic carbocycles. The topological polar surface area (TPSA) is 77.1 Å². The molecule has 0 rings (SSSR count). The predicted molar refractivity (Wildman–Crippen MR) is 240 cm³/mol. The van der Waals surface area contributed by atoms with E-state index in [1.54, 1.807) is 0 Å². The second-order valence-electron chi connectivity index (χ2n) is 15.3. The van der Waals surface area contributed by atoms with Gasteiger partial charge in [0.05, 0.1) is 34.4 Å². The minimum Gasteiger partial charge on any atom is -0.756 e. The first-order valence-corrected chi connectivity index (χ1v) is 23.5. The molecule has 0 saturated carbocycles. The van der Waals surface area contributed by atoms with Crippen molar-refractivity contribution in [2.45, 2.75) is 148 Å². The second-order valence-corrected chi connectivity index (χ2v) is 16.7. The molecule has 7 nitrogen and oxygen atoms in total. The zero-order valence-electron chi connectivity index (χ0n) is 36.5. The Morgan fingerprint density at radius 3 is 1.25 bits per heavy atom. The molecule has 0 spiro atoms. The SMILES string of the molecule is CCCCC/C=C\C/C=C\C/C=C\C/C=C\CCCCOC[C@H](COP(=O)([O-])OCC[N+](C)(C)C)OCCCC/C=C\C/C=C\C/C=C\C/C=C\CCCCC. The molecule has 322 valence electrons. The Morgan fingerprint density at radius 1 is 0.482 bits per heavy atom. The minimum atomic E-state index is -4.43. The van der Waals surface area contributed by atoms with E-state index in [1.165, 1.54) is 51.4 Å². The minimum absolute atomic E-state index is 0.0726. The van der Waals surface area contributed by atoms with Crippen LogP contribution in [-0.2, 0) is 23.1 Å². The van der Waals surface area contributed by atoms with Crippen molar-refractivity contribution in [3.8, 4) is 0 Å². The van der Waals surface area contributed by atoms with E-state index in [1.807, 2.05) is 21.1 Å². The van der Waals surface area contributed by atoms with Crippen LogP contribution in [0.25, 0.3) is 0 Å². The number of nitrogens with zero attached hydrogens (tertiary/aromatic N) is 1. The van der Waals surface area contributed by atoms with Gasteiger partial charge in [-0.05, 0) is 103 Å². The van der Waals surface area contributed by atoms with Crippen molar-refractivity contribution in [2.24, 2.45) is 0 Å². The van der Waals surface area contributed by atoms with Crippen LogP contribution in [0.5, 0.6) is 0 Å². The summed E-state index contributed by atoms with van der Waals surface area (Å²) in [5.74, 6) is 0. The van der Waals surface area contributed by atoms with E-state index in [9.17, 15) is 9.46 Å². The van der Waals surface area contributed by atoms with Crippen molar-refractivity contribution in [3.05, 3.63) is 97.2 Å². The number of allylic oxidation sites excluding steroid dienone is 16. The van der Waals surface area contributed by atoms with Crippen LogP contribution >= 0.6 is 7.82 Å². The van der Waals surface area contributed by atoms with Gasteiger partial charge in [-0.15, -0.1) is 0 Å². The highest BCUT2D eigenvalue weighted by atomic mass is 31.2. The van der Waals surface area contributed by atoms with E-state index in [4.69, 9.17) is 18.5 Å².